The van der Waals surface area contributed by atoms with Crippen LogP contribution in [0.1, 0.15) is 0 Å². The Balaban J connectivity index is 0.847. The molecular formula is C62H36O. The van der Waals surface area contributed by atoms with Gasteiger partial charge in [-0.1, -0.05) is 170 Å². The second-order valence-electron chi connectivity index (χ2n) is 17.2. The summed E-state index contributed by atoms with van der Waals surface area (Å²) in [6.07, 6.45) is 0. The molecule has 0 unspecified atom stereocenters. The molecule has 0 spiro atoms. The zero-order valence-corrected chi connectivity index (χ0v) is 34.2. The first-order valence-electron chi connectivity index (χ1n) is 21.8. The molecule has 13 aromatic carbocycles. The summed E-state index contributed by atoms with van der Waals surface area (Å²) in [7, 11) is 0. The maximum atomic E-state index is 6.71. The SMILES string of the molecule is c1ccc2c(c1)ccc1c3ccccc3c(-c3ccc4c(c3)oc3cc(-c5ccc6cc(-c7cc8ccc9ccc%10ccccc%10c9c8c8ccccc78)ccc6c5)ccc34)cc21. The Hall–Kier alpha value is -8.26. The summed E-state index contributed by atoms with van der Waals surface area (Å²) in [6, 6.07) is 80.6. The van der Waals surface area contributed by atoms with Crippen LogP contribution in [0.3, 0.4) is 0 Å². The molecule has 0 aliphatic heterocycles. The van der Waals surface area contributed by atoms with E-state index < -0.39 is 0 Å². The lowest BCUT2D eigenvalue weighted by atomic mass is 9.88. The number of hydrogen-bond donors (Lipinski definition) is 0. The third-order valence-electron chi connectivity index (χ3n) is 13.8. The third kappa shape index (κ3) is 5.17. The lowest BCUT2D eigenvalue weighted by Crippen LogP contribution is -1.88. The summed E-state index contributed by atoms with van der Waals surface area (Å²) in [4.78, 5) is 0. The fourth-order valence-corrected chi connectivity index (χ4v) is 10.7. The van der Waals surface area contributed by atoms with Gasteiger partial charge in [-0.2, -0.15) is 0 Å². The number of benzene rings is 13. The summed E-state index contributed by atoms with van der Waals surface area (Å²) in [6.45, 7) is 0. The Morgan fingerprint density at radius 2 is 0.635 bits per heavy atom. The highest BCUT2D eigenvalue weighted by Crippen LogP contribution is 2.43. The van der Waals surface area contributed by atoms with Crippen LogP contribution in [0.5, 0.6) is 0 Å². The fourth-order valence-electron chi connectivity index (χ4n) is 10.7. The van der Waals surface area contributed by atoms with E-state index in [1.807, 2.05) is 0 Å². The monoisotopic (exact) mass is 796 g/mol. The van der Waals surface area contributed by atoms with Gasteiger partial charge in [0, 0.05) is 10.8 Å². The lowest BCUT2D eigenvalue weighted by Gasteiger charge is -2.15. The van der Waals surface area contributed by atoms with Crippen molar-refractivity contribution >= 4 is 108 Å². The second kappa shape index (κ2) is 13.1. The molecule has 0 aliphatic carbocycles. The first-order chi connectivity index (χ1) is 31.2. The van der Waals surface area contributed by atoms with E-state index in [-0.39, 0.29) is 0 Å². The van der Waals surface area contributed by atoms with Crippen LogP contribution >= 0.6 is 0 Å². The van der Waals surface area contributed by atoms with E-state index >= 15 is 0 Å². The van der Waals surface area contributed by atoms with Crippen molar-refractivity contribution in [1.29, 1.82) is 0 Å². The van der Waals surface area contributed by atoms with E-state index in [2.05, 4.69) is 218 Å². The predicted octanol–water partition coefficient (Wildman–Crippen LogP) is 17.8. The molecule has 1 heterocycles. The fraction of sp³-hybridized carbons (Fsp3) is 0. The van der Waals surface area contributed by atoms with Gasteiger partial charge in [-0.25, -0.2) is 0 Å². The van der Waals surface area contributed by atoms with Crippen LogP contribution in [0.25, 0.3) is 141 Å². The van der Waals surface area contributed by atoms with Crippen LogP contribution in [-0.4, -0.2) is 0 Å². The molecule has 290 valence electrons. The molecule has 0 aliphatic rings. The molecule has 0 N–H and O–H groups in total. The Morgan fingerprint density at radius 1 is 0.206 bits per heavy atom. The maximum absolute atomic E-state index is 6.71. The molecule has 0 fully saturated rings. The van der Waals surface area contributed by atoms with Crippen LogP contribution in [0.15, 0.2) is 223 Å². The van der Waals surface area contributed by atoms with E-state index in [9.17, 15) is 0 Å². The van der Waals surface area contributed by atoms with Crippen molar-refractivity contribution in [3.05, 3.63) is 218 Å². The van der Waals surface area contributed by atoms with Crippen molar-refractivity contribution in [2.24, 2.45) is 0 Å². The molecule has 0 amide bonds. The average Bonchev–Trinajstić information content (AvgIpc) is 3.72. The number of fused-ring (bicyclic) bond motifs is 16. The molecule has 0 radical (unpaired) electrons. The summed E-state index contributed by atoms with van der Waals surface area (Å²) in [5.74, 6) is 0. The predicted molar refractivity (Wildman–Crippen MR) is 270 cm³/mol. The second-order valence-corrected chi connectivity index (χ2v) is 17.2. The van der Waals surface area contributed by atoms with Crippen molar-refractivity contribution in [2.75, 3.05) is 0 Å². The van der Waals surface area contributed by atoms with E-state index in [4.69, 9.17) is 4.42 Å². The normalized spacial score (nSPS) is 12.1. The Labute approximate surface area is 362 Å². The summed E-state index contributed by atoms with van der Waals surface area (Å²) < 4.78 is 6.71. The van der Waals surface area contributed by atoms with Gasteiger partial charge in [-0.05, 0) is 168 Å². The maximum Gasteiger partial charge on any atom is 0.136 e. The van der Waals surface area contributed by atoms with Gasteiger partial charge >= 0.3 is 0 Å². The molecule has 0 atom stereocenters. The van der Waals surface area contributed by atoms with Gasteiger partial charge in [0.15, 0.2) is 0 Å². The third-order valence-corrected chi connectivity index (χ3v) is 13.8. The molecule has 0 saturated heterocycles. The highest BCUT2D eigenvalue weighted by molar-refractivity contribution is 6.29. The van der Waals surface area contributed by atoms with E-state index in [1.165, 1.54) is 108 Å². The molecular weight excluding hydrogens is 761 g/mol. The van der Waals surface area contributed by atoms with Crippen LogP contribution in [0, 0.1) is 0 Å². The van der Waals surface area contributed by atoms with Gasteiger partial charge in [0.25, 0.3) is 0 Å². The van der Waals surface area contributed by atoms with E-state index in [0.29, 0.717) is 0 Å². The molecule has 14 aromatic rings. The van der Waals surface area contributed by atoms with E-state index in [0.717, 1.165) is 33.1 Å². The average molecular weight is 797 g/mol. The first kappa shape index (κ1) is 34.5. The van der Waals surface area contributed by atoms with Gasteiger partial charge in [0.2, 0.25) is 0 Å². The van der Waals surface area contributed by atoms with Gasteiger partial charge in [0.1, 0.15) is 11.2 Å². The molecule has 63 heavy (non-hydrogen) atoms. The zero-order chi connectivity index (χ0) is 41.2. The Kier molecular flexibility index (Phi) is 7.17. The number of rotatable bonds is 3. The van der Waals surface area contributed by atoms with Crippen LogP contribution in [0.2, 0.25) is 0 Å². The van der Waals surface area contributed by atoms with Crippen molar-refractivity contribution in [3.8, 4) is 33.4 Å². The highest BCUT2D eigenvalue weighted by Gasteiger charge is 2.16. The van der Waals surface area contributed by atoms with Gasteiger partial charge in [-0.15, -0.1) is 0 Å². The first-order valence-corrected chi connectivity index (χ1v) is 21.8. The van der Waals surface area contributed by atoms with E-state index in [1.54, 1.807) is 0 Å². The highest BCUT2D eigenvalue weighted by atomic mass is 16.3. The number of furan rings is 1. The molecule has 1 nitrogen and oxygen atoms in total. The van der Waals surface area contributed by atoms with Crippen molar-refractivity contribution in [1.82, 2.24) is 0 Å². The Morgan fingerprint density at radius 3 is 1.41 bits per heavy atom. The minimum atomic E-state index is 0.897. The molecule has 1 aromatic heterocycles. The molecule has 1 heteroatoms. The minimum Gasteiger partial charge on any atom is -0.456 e. The van der Waals surface area contributed by atoms with Crippen molar-refractivity contribution < 1.29 is 4.42 Å². The smallest absolute Gasteiger partial charge is 0.136 e. The van der Waals surface area contributed by atoms with Crippen molar-refractivity contribution in [3.63, 3.8) is 0 Å². The topological polar surface area (TPSA) is 13.1 Å². The zero-order valence-electron chi connectivity index (χ0n) is 34.2. The van der Waals surface area contributed by atoms with Crippen LogP contribution in [0.4, 0.5) is 0 Å². The van der Waals surface area contributed by atoms with Crippen LogP contribution < -0.4 is 0 Å². The Bertz CT molecular complexity index is 4260. The quantitative estimate of drug-likeness (QED) is 0.162. The van der Waals surface area contributed by atoms with Gasteiger partial charge in [-0.3, -0.25) is 0 Å². The van der Waals surface area contributed by atoms with Gasteiger partial charge < -0.3 is 4.42 Å². The molecule has 0 bridgehead atoms. The van der Waals surface area contributed by atoms with Crippen LogP contribution in [-0.2, 0) is 0 Å². The minimum absolute atomic E-state index is 0.897. The lowest BCUT2D eigenvalue weighted by molar-refractivity contribution is 0.669. The number of hydrogen-bond acceptors (Lipinski definition) is 1. The van der Waals surface area contributed by atoms with Gasteiger partial charge in [0.05, 0.1) is 0 Å². The summed E-state index contributed by atoms with van der Waals surface area (Å²) in [5.41, 5.74) is 8.95. The summed E-state index contributed by atoms with van der Waals surface area (Å²) in [5, 5.41) is 22.6. The van der Waals surface area contributed by atoms with Crippen molar-refractivity contribution in [2.45, 2.75) is 0 Å². The standard InChI is InChI=1S/C62H36O/c1-3-11-47-37(9-1)25-28-52-49-13-5-6-14-50(49)57(36-58(47)52)45-27-30-54-53-29-26-43(34-59(53)63-60(54)35-45)41-20-21-42-32-44(23-22-40(42)31-41)56-33-46-24-19-39-18-17-38-10-2-4-12-48(38)61(39)62(46)55-16-8-7-15-51(55)56/h1-36H. The summed E-state index contributed by atoms with van der Waals surface area (Å²) >= 11 is 0. The molecule has 0 saturated carbocycles. The largest absolute Gasteiger partial charge is 0.456 e. The molecule has 14 rings (SSSR count).